The molecule has 7 nitrogen and oxygen atoms in total. The van der Waals surface area contributed by atoms with E-state index in [1.807, 2.05) is 47.4 Å². The molecule has 0 aliphatic carbocycles. The molecular formula is C30H39N5O2. The first-order valence-electron chi connectivity index (χ1n) is 13.4. The van der Waals surface area contributed by atoms with Crippen molar-refractivity contribution in [1.29, 1.82) is 0 Å². The van der Waals surface area contributed by atoms with Crippen LogP contribution in [0.5, 0.6) is 5.75 Å². The van der Waals surface area contributed by atoms with Gasteiger partial charge in [0, 0.05) is 74.2 Å². The summed E-state index contributed by atoms with van der Waals surface area (Å²) in [6.45, 7) is 11.1. The Balaban J connectivity index is 1.27. The molecule has 0 atom stereocenters. The van der Waals surface area contributed by atoms with E-state index in [0.29, 0.717) is 24.4 Å². The maximum Gasteiger partial charge on any atom is 0.253 e. The monoisotopic (exact) mass is 501 g/mol. The van der Waals surface area contributed by atoms with Gasteiger partial charge in [0.05, 0.1) is 0 Å². The van der Waals surface area contributed by atoms with Crippen molar-refractivity contribution in [2.24, 2.45) is 0 Å². The number of benzene rings is 2. The average molecular weight is 502 g/mol. The highest BCUT2D eigenvalue weighted by Crippen LogP contribution is 2.23. The number of carbonyl (C=O) groups is 1. The number of nitrogens with one attached hydrogen (secondary N) is 1. The molecule has 1 aliphatic rings. The lowest BCUT2D eigenvalue weighted by molar-refractivity contribution is 0.0628. The van der Waals surface area contributed by atoms with Crippen LogP contribution in [0.4, 0.5) is 11.4 Å². The number of piperazine rings is 1. The molecule has 37 heavy (non-hydrogen) atoms. The lowest BCUT2D eigenvalue weighted by atomic mass is 10.1. The molecule has 1 amide bonds. The predicted octanol–water partition coefficient (Wildman–Crippen LogP) is 5.11. The molecule has 3 aromatic rings. The van der Waals surface area contributed by atoms with Crippen molar-refractivity contribution in [3.05, 3.63) is 83.7 Å². The minimum Gasteiger partial charge on any atom is -0.508 e. The lowest BCUT2D eigenvalue weighted by Gasteiger charge is -2.35. The van der Waals surface area contributed by atoms with E-state index in [-0.39, 0.29) is 5.91 Å². The highest BCUT2D eigenvalue weighted by atomic mass is 16.3. The van der Waals surface area contributed by atoms with Crippen LogP contribution in [0.25, 0.3) is 0 Å². The first kappa shape index (κ1) is 26.6. The SMILES string of the molecule is CCCN(CCC)Cc1ccc(CN2CCN(C(=O)c3ccc(Nc4ccncc4)cc3)CC2)cc1O. The summed E-state index contributed by atoms with van der Waals surface area (Å²) in [5.74, 6) is 0.450. The molecule has 2 N–H and O–H groups in total. The second-order valence-electron chi connectivity index (χ2n) is 9.75. The number of aromatic nitrogens is 1. The standard InChI is InChI=1S/C30H39N5O2/c1-3-15-33(16-4-2)23-26-6-5-24(21-29(26)36)22-34-17-19-35(20-18-34)30(37)25-7-9-27(10-8-25)32-28-11-13-31-14-12-28/h5-14,21,36H,3-4,15-20,22-23H2,1-2H3,(H,31,32). The van der Waals surface area contributed by atoms with Crippen molar-refractivity contribution in [3.8, 4) is 5.75 Å². The summed E-state index contributed by atoms with van der Waals surface area (Å²) in [6.07, 6.45) is 5.71. The molecule has 2 heterocycles. The Labute approximate surface area is 220 Å². The number of anilines is 2. The summed E-state index contributed by atoms with van der Waals surface area (Å²) >= 11 is 0. The zero-order valence-corrected chi connectivity index (χ0v) is 22.1. The van der Waals surface area contributed by atoms with Crippen molar-refractivity contribution < 1.29 is 9.90 Å². The Morgan fingerprint density at radius 1 is 0.919 bits per heavy atom. The van der Waals surface area contributed by atoms with Crippen LogP contribution in [-0.4, -0.2) is 70.0 Å². The molecule has 7 heteroatoms. The van der Waals surface area contributed by atoms with Gasteiger partial charge in [-0.2, -0.15) is 0 Å². The fourth-order valence-corrected chi connectivity index (χ4v) is 4.83. The van der Waals surface area contributed by atoms with Gasteiger partial charge < -0.3 is 15.3 Å². The van der Waals surface area contributed by atoms with Crippen molar-refractivity contribution >= 4 is 17.3 Å². The van der Waals surface area contributed by atoms with Gasteiger partial charge in [0.25, 0.3) is 5.91 Å². The van der Waals surface area contributed by atoms with E-state index in [2.05, 4.69) is 46.1 Å². The van der Waals surface area contributed by atoms with Crippen LogP contribution in [0.2, 0.25) is 0 Å². The normalized spacial score (nSPS) is 14.2. The third-order valence-electron chi connectivity index (χ3n) is 6.79. The highest BCUT2D eigenvalue weighted by molar-refractivity contribution is 5.94. The molecule has 1 saturated heterocycles. The number of phenolic OH excluding ortho intramolecular Hbond substituents is 1. The maximum atomic E-state index is 13.0. The second kappa shape index (κ2) is 13.2. The van der Waals surface area contributed by atoms with E-state index >= 15 is 0 Å². The molecule has 196 valence electrons. The summed E-state index contributed by atoms with van der Waals surface area (Å²) in [4.78, 5) is 23.7. The third-order valence-corrected chi connectivity index (χ3v) is 6.79. The van der Waals surface area contributed by atoms with Gasteiger partial charge in [-0.25, -0.2) is 0 Å². The molecule has 0 saturated carbocycles. The highest BCUT2D eigenvalue weighted by Gasteiger charge is 2.22. The van der Waals surface area contributed by atoms with Gasteiger partial charge in [-0.1, -0.05) is 26.0 Å². The van der Waals surface area contributed by atoms with E-state index < -0.39 is 0 Å². The summed E-state index contributed by atoms with van der Waals surface area (Å²) in [5, 5.41) is 14.0. The van der Waals surface area contributed by atoms with Crippen LogP contribution < -0.4 is 5.32 Å². The Morgan fingerprint density at radius 2 is 1.57 bits per heavy atom. The molecule has 2 aromatic carbocycles. The van der Waals surface area contributed by atoms with Crippen LogP contribution >= 0.6 is 0 Å². The smallest absolute Gasteiger partial charge is 0.253 e. The van der Waals surface area contributed by atoms with Gasteiger partial charge in [-0.05, 0) is 74.0 Å². The fraction of sp³-hybridized carbons (Fsp3) is 0.400. The van der Waals surface area contributed by atoms with Crippen molar-refractivity contribution in [1.82, 2.24) is 19.7 Å². The quantitative estimate of drug-likeness (QED) is 0.380. The molecule has 1 fully saturated rings. The number of nitrogens with zero attached hydrogens (tertiary/aromatic N) is 4. The minimum absolute atomic E-state index is 0.0702. The van der Waals surface area contributed by atoms with Gasteiger partial charge in [-0.3, -0.25) is 19.6 Å². The molecule has 4 rings (SSSR count). The van der Waals surface area contributed by atoms with E-state index in [1.54, 1.807) is 12.4 Å². The van der Waals surface area contributed by atoms with E-state index in [0.717, 1.165) is 74.6 Å². The number of hydrogen-bond donors (Lipinski definition) is 2. The number of amides is 1. The molecule has 0 bridgehead atoms. The van der Waals surface area contributed by atoms with Gasteiger partial charge >= 0.3 is 0 Å². The van der Waals surface area contributed by atoms with Crippen molar-refractivity contribution in [3.63, 3.8) is 0 Å². The van der Waals surface area contributed by atoms with Crippen LogP contribution in [0.1, 0.15) is 48.2 Å². The topological polar surface area (TPSA) is 71.9 Å². The third kappa shape index (κ3) is 7.54. The van der Waals surface area contributed by atoms with E-state index in [4.69, 9.17) is 0 Å². The second-order valence-corrected chi connectivity index (χ2v) is 9.75. The number of aromatic hydroxyl groups is 1. The summed E-state index contributed by atoms with van der Waals surface area (Å²) in [6, 6.07) is 17.5. The van der Waals surface area contributed by atoms with E-state index in [9.17, 15) is 9.90 Å². The Hall–Kier alpha value is -3.42. The number of pyridine rings is 1. The zero-order valence-electron chi connectivity index (χ0n) is 22.1. The summed E-state index contributed by atoms with van der Waals surface area (Å²) in [7, 11) is 0. The first-order chi connectivity index (χ1) is 18.1. The van der Waals surface area contributed by atoms with Gasteiger partial charge in [0.1, 0.15) is 5.75 Å². The Morgan fingerprint density at radius 3 is 2.19 bits per heavy atom. The minimum atomic E-state index is 0.0702. The summed E-state index contributed by atoms with van der Waals surface area (Å²) < 4.78 is 0. The summed E-state index contributed by atoms with van der Waals surface area (Å²) in [5.41, 5.74) is 4.70. The molecule has 0 spiro atoms. The number of rotatable bonds is 11. The van der Waals surface area contributed by atoms with Crippen LogP contribution in [0.15, 0.2) is 67.0 Å². The van der Waals surface area contributed by atoms with Crippen molar-refractivity contribution in [2.75, 3.05) is 44.6 Å². The number of hydrogen-bond acceptors (Lipinski definition) is 6. The molecule has 0 radical (unpaired) electrons. The largest absolute Gasteiger partial charge is 0.508 e. The zero-order chi connectivity index (χ0) is 26.0. The molecular weight excluding hydrogens is 462 g/mol. The average Bonchev–Trinajstić information content (AvgIpc) is 2.92. The van der Waals surface area contributed by atoms with Crippen LogP contribution in [0, 0.1) is 0 Å². The van der Waals surface area contributed by atoms with Gasteiger partial charge in [0.15, 0.2) is 0 Å². The van der Waals surface area contributed by atoms with Gasteiger partial charge in [-0.15, -0.1) is 0 Å². The lowest BCUT2D eigenvalue weighted by Crippen LogP contribution is -2.48. The Kier molecular flexibility index (Phi) is 9.52. The number of phenols is 1. The first-order valence-corrected chi connectivity index (χ1v) is 13.4. The maximum absolute atomic E-state index is 13.0. The number of carbonyl (C=O) groups excluding carboxylic acids is 1. The predicted molar refractivity (Wildman–Crippen MR) is 149 cm³/mol. The molecule has 1 aliphatic heterocycles. The van der Waals surface area contributed by atoms with Crippen LogP contribution in [-0.2, 0) is 13.1 Å². The van der Waals surface area contributed by atoms with Crippen LogP contribution in [0.3, 0.4) is 0 Å². The van der Waals surface area contributed by atoms with Crippen molar-refractivity contribution in [2.45, 2.75) is 39.8 Å². The van der Waals surface area contributed by atoms with E-state index in [1.165, 1.54) is 0 Å². The molecule has 1 aromatic heterocycles. The molecule has 0 unspecified atom stereocenters. The van der Waals surface area contributed by atoms with Gasteiger partial charge in [0.2, 0.25) is 0 Å². The Bertz CT molecular complexity index is 1120. The fourth-order valence-electron chi connectivity index (χ4n) is 4.83.